The standard InChI is InChI=1S/C16H21NO2.C4H6O6/c1-17-12-8-9-14(17)15(16(18)19-2)13(10-12)11-6-4-3-5-7-11;5-1(3(7)8)2(6)4(9)10/h3-7,12-15H,8-10H2,1-2H3;1-2,5-6H,(H,7,8)(H,9,10). The zero-order chi connectivity index (χ0) is 21.7. The van der Waals surface area contributed by atoms with Crippen LogP contribution in [0.15, 0.2) is 30.3 Å². The fraction of sp³-hybridized carbons (Fsp3) is 0.550. The number of aliphatic carboxylic acids is 2. The number of benzene rings is 1. The van der Waals surface area contributed by atoms with E-state index in [0.29, 0.717) is 18.0 Å². The van der Waals surface area contributed by atoms with Crippen LogP contribution in [0.4, 0.5) is 0 Å². The van der Waals surface area contributed by atoms with E-state index in [9.17, 15) is 14.4 Å². The summed E-state index contributed by atoms with van der Waals surface area (Å²) in [7, 11) is 3.66. The Labute approximate surface area is 168 Å². The van der Waals surface area contributed by atoms with Crippen LogP contribution >= 0.6 is 0 Å². The van der Waals surface area contributed by atoms with E-state index >= 15 is 0 Å². The molecular formula is C20H27NO8. The zero-order valence-corrected chi connectivity index (χ0v) is 16.3. The van der Waals surface area contributed by atoms with Crippen LogP contribution in [0.1, 0.15) is 30.7 Å². The number of ether oxygens (including phenoxy) is 1. The lowest BCUT2D eigenvalue weighted by molar-refractivity contribution is -0.165. The smallest absolute Gasteiger partial charge is 0.335 e. The topological polar surface area (TPSA) is 145 Å². The van der Waals surface area contributed by atoms with Crippen LogP contribution in [-0.2, 0) is 19.1 Å². The summed E-state index contributed by atoms with van der Waals surface area (Å²) in [6.07, 6.45) is -1.14. The summed E-state index contributed by atoms with van der Waals surface area (Å²) < 4.78 is 5.07. The molecule has 29 heavy (non-hydrogen) atoms. The maximum Gasteiger partial charge on any atom is 0.335 e. The van der Waals surface area contributed by atoms with Gasteiger partial charge in [-0.1, -0.05) is 30.3 Å². The van der Waals surface area contributed by atoms with Gasteiger partial charge in [0.2, 0.25) is 0 Å². The molecule has 2 heterocycles. The third-order valence-corrected chi connectivity index (χ3v) is 5.77. The number of nitrogens with zero attached hydrogens (tertiary/aromatic N) is 1. The number of methoxy groups -OCH3 is 1. The summed E-state index contributed by atoms with van der Waals surface area (Å²) in [5.74, 6) is -3.30. The summed E-state index contributed by atoms with van der Waals surface area (Å²) in [6.45, 7) is 0. The fourth-order valence-electron chi connectivity index (χ4n) is 4.24. The Hall–Kier alpha value is -2.49. The number of carbonyl (C=O) groups excluding carboxylic acids is 1. The molecule has 2 aliphatic heterocycles. The van der Waals surface area contributed by atoms with Gasteiger partial charge in [0, 0.05) is 18.0 Å². The van der Waals surface area contributed by atoms with Gasteiger partial charge in [0.1, 0.15) is 0 Å². The molecule has 1 aromatic carbocycles. The molecule has 0 saturated carbocycles. The van der Waals surface area contributed by atoms with Crippen molar-refractivity contribution in [2.75, 3.05) is 14.2 Å². The molecule has 2 saturated heterocycles. The molecule has 0 radical (unpaired) electrons. The first-order valence-electron chi connectivity index (χ1n) is 9.35. The first kappa shape index (κ1) is 22.8. The zero-order valence-electron chi connectivity index (χ0n) is 16.3. The molecule has 0 amide bonds. The highest BCUT2D eigenvalue weighted by Gasteiger charge is 2.49. The molecule has 160 valence electrons. The minimum atomic E-state index is -2.27. The van der Waals surface area contributed by atoms with Crippen LogP contribution in [0, 0.1) is 5.92 Å². The van der Waals surface area contributed by atoms with E-state index in [1.165, 1.54) is 19.1 Å². The number of piperidine rings is 1. The van der Waals surface area contributed by atoms with Crippen molar-refractivity contribution in [3.63, 3.8) is 0 Å². The first-order valence-corrected chi connectivity index (χ1v) is 9.35. The van der Waals surface area contributed by atoms with Crippen molar-refractivity contribution in [2.24, 2.45) is 5.92 Å². The number of hydrogen-bond acceptors (Lipinski definition) is 7. The third kappa shape index (κ3) is 5.11. The highest BCUT2D eigenvalue weighted by molar-refractivity contribution is 5.83. The number of carbonyl (C=O) groups is 3. The first-order chi connectivity index (χ1) is 13.7. The average molecular weight is 409 g/mol. The second-order valence-electron chi connectivity index (χ2n) is 7.33. The molecule has 1 aromatic rings. The van der Waals surface area contributed by atoms with Gasteiger partial charge in [0.15, 0.2) is 12.2 Å². The number of carboxylic acids is 2. The van der Waals surface area contributed by atoms with Crippen LogP contribution in [0.3, 0.4) is 0 Å². The number of aliphatic hydroxyl groups is 2. The Bertz CT molecular complexity index is 706. The van der Waals surface area contributed by atoms with E-state index in [1.54, 1.807) is 0 Å². The Balaban J connectivity index is 0.000000257. The summed E-state index contributed by atoms with van der Waals surface area (Å²) in [6, 6.07) is 11.4. The van der Waals surface area contributed by atoms with E-state index < -0.39 is 24.1 Å². The summed E-state index contributed by atoms with van der Waals surface area (Å²) in [5.41, 5.74) is 1.28. The third-order valence-electron chi connectivity index (χ3n) is 5.77. The molecule has 0 spiro atoms. The quantitative estimate of drug-likeness (QED) is 0.505. The fourth-order valence-corrected chi connectivity index (χ4v) is 4.24. The second kappa shape index (κ2) is 9.82. The van der Waals surface area contributed by atoms with Gasteiger partial charge in [0.05, 0.1) is 13.0 Å². The van der Waals surface area contributed by atoms with Crippen molar-refractivity contribution in [1.82, 2.24) is 4.90 Å². The Morgan fingerprint density at radius 2 is 1.59 bits per heavy atom. The summed E-state index contributed by atoms with van der Waals surface area (Å²) in [5, 5.41) is 32.5. The minimum Gasteiger partial charge on any atom is -0.479 e. The monoisotopic (exact) mass is 409 g/mol. The van der Waals surface area contributed by atoms with Crippen molar-refractivity contribution >= 4 is 17.9 Å². The maximum atomic E-state index is 12.2. The van der Waals surface area contributed by atoms with Gasteiger partial charge in [0.25, 0.3) is 0 Å². The SMILES string of the molecule is COC(=O)C1C(c2ccccc2)CC2CCC1N2C.O=C(O)C(O)C(O)C(=O)O. The highest BCUT2D eigenvalue weighted by atomic mass is 16.5. The van der Waals surface area contributed by atoms with Crippen molar-refractivity contribution in [2.45, 2.75) is 49.5 Å². The molecule has 6 atom stereocenters. The van der Waals surface area contributed by atoms with Crippen molar-refractivity contribution < 1.29 is 39.5 Å². The molecular weight excluding hydrogens is 382 g/mol. The molecule has 9 heteroatoms. The molecule has 2 bridgehead atoms. The molecule has 4 N–H and O–H groups in total. The second-order valence-corrected chi connectivity index (χ2v) is 7.33. The summed E-state index contributed by atoms with van der Waals surface area (Å²) in [4.78, 5) is 34.2. The van der Waals surface area contributed by atoms with E-state index in [2.05, 4.69) is 36.2 Å². The van der Waals surface area contributed by atoms with E-state index in [0.717, 1.165) is 12.8 Å². The predicted octanol–water partition coefficient (Wildman–Crippen LogP) is 0.303. The van der Waals surface area contributed by atoms with Gasteiger partial charge >= 0.3 is 17.9 Å². The van der Waals surface area contributed by atoms with Crippen molar-refractivity contribution in [1.29, 1.82) is 0 Å². The minimum absolute atomic E-state index is 0.0175. The Morgan fingerprint density at radius 3 is 2.07 bits per heavy atom. The molecule has 3 rings (SSSR count). The maximum absolute atomic E-state index is 12.2. The normalized spacial score (nSPS) is 27.9. The summed E-state index contributed by atoms with van der Waals surface area (Å²) >= 11 is 0. The average Bonchev–Trinajstić information content (AvgIpc) is 2.95. The van der Waals surface area contributed by atoms with Crippen LogP contribution in [0.5, 0.6) is 0 Å². The predicted molar refractivity (Wildman–Crippen MR) is 101 cm³/mol. The number of rotatable bonds is 5. The van der Waals surface area contributed by atoms with Gasteiger partial charge in [-0.2, -0.15) is 0 Å². The number of fused-ring (bicyclic) bond motifs is 2. The Morgan fingerprint density at radius 1 is 1.03 bits per heavy atom. The number of aliphatic hydroxyl groups excluding tert-OH is 2. The van der Waals surface area contributed by atoms with Gasteiger partial charge < -0.3 is 25.2 Å². The largest absolute Gasteiger partial charge is 0.479 e. The van der Waals surface area contributed by atoms with E-state index in [4.69, 9.17) is 25.2 Å². The van der Waals surface area contributed by atoms with Gasteiger partial charge in [-0.25, -0.2) is 9.59 Å². The Kier molecular flexibility index (Phi) is 7.72. The lowest BCUT2D eigenvalue weighted by Gasteiger charge is -2.41. The highest BCUT2D eigenvalue weighted by Crippen LogP contribution is 2.46. The van der Waals surface area contributed by atoms with Crippen LogP contribution in [0.25, 0.3) is 0 Å². The molecule has 2 fully saturated rings. The van der Waals surface area contributed by atoms with Crippen LogP contribution in [-0.4, -0.2) is 81.7 Å². The van der Waals surface area contributed by atoms with Crippen molar-refractivity contribution in [3.8, 4) is 0 Å². The van der Waals surface area contributed by atoms with Gasteiger partial charge in [-0.3, -0.25) is 9.69 Å². The van der Waals surface area contributed by atoms with E-state index in [1.807, 2.05) is 6.07 Å². The molecule has 0 aromatic heterocycles. The van der Waals surface area contributed by atoms with E-state index in [-0.39, 0.29) is 11.9 Å². The van der Waals surface area contributed by atoms with Crippen LogP contribution in [0.2, 0.25) is 0 Å². The van der Waals surface area contributed by atoms with Crippen LogP contribution < -0.4 is 0 Å². The lowest BCUT2D eigenvalue weighted by atomic mass is 9.76. The number of esters is 1. The van der Waals surface area contributed by atoms with Crippen molar-refractivity contribution in [3.05, 3.63) is 35.9 Å². The molecule has 9 nitrogen and oxygen atoms in total. The van der Waals surface area contributed by atoms with Gasteiger partial charge in [-0.15, -0.1) is 0 Å². The number of carboxylic acid groups (broad SMARTS) is 2. The number of hydrogen-bond donors (Lipinski definition) is 4. The molecule has 2 aliphatic rings. The molecule has 6 unspecified atom stereocenters. The van der Waals surface area contributed by atoms with Gasteiger partial charge in [-0.05, 0) is 31.9 Å². The lowest BCUT2D eigenvalue weighted by Crippen LogP contribution is -2.49. The molecule has 0 aliphatic carbocycles.